The van der Waals surface area contributed by atoms with Crippen LogP contribution in [0.1, 0.15) is 12.8 Å². The van der Waals surface area contributed by atoms with Crippen molar-refractivity contribution in [2.45, 2.75) is 19.4 Å². The molecule has 60 valence electrons. The summed E-state index contributed by atoms with van der Waals surface area (Å²) >= 11 is 0. The molecule has 2 rings (SSSR count). The first-order chi connectivity index (χ1) is 5.27. The number of nitrogens with zero attached hydrogens (tertiary/aromatic N) is 3. The van der Waals surface area contributed by atoms with Crippen LogP contribution in [0.3, 0.4) is 0 Å². The van der Waals surface area contributed by atoms with Gasteiger partial charge in [0.05, 0.1) is 0 Å². The molecule has 0 amide bonds. The average Bonchev–Trinajstić information content (AvgIpc) is 2.74. The minimum atomic E-state index is -0.00287. The molecule has 0 bridgehead atoms. The van der Waals surface area contributed by atoms with Gasteiger partial charge in [-0.2, -0.15) is 5.10 Å². The van der Waals surface area contributed by atoms with Crippen LogP contribution < -0.4 is 5.69 Å². The van der Waals surface area contributed by atoms with Crippen LogP contribution in [0.15, 0.2) is 11.1 Å². The fourth-order valence-electron chi connectivity index (χ4n) is 1.09. The van der Waals surface area contributed by atoms with Crippen LogP contribution in [0.4, 0.5) is 0 Å². The highest BCUT2D eigenvalue weighted by Gasteiger charge is 2.22. The summed E-state index contributed by atoms with van der Waals surface area (Å²) in [5, 5.41) is 3.96. The van der Waals surface area contributed by atoms with Gasteiger partial charge in [-0.15, -0.1) is 0 Å². The Bertz CT molecular complexity index is 308. The highest BCUT2D eigenvalue weighted by Crippen LogP contribution is 2.29. The Morgan fingerprint density at radius 1 is 1.73 bits per heavy atom. The zero-order valence-corrected chi connectivity index (χ0v) is 6.53. The van der Waals surface area contributed by atoms with E-state index in [0.29, 0.717) is 5.92 Å². The van der Waals surface area contributed by atoms with Gasteiger partial charge in [-0.1, -0.05) is 0 Å². The van der Waals surface area contributed by atoms with Gasteiger partial charge < -0.3 is 0 Å². The Balaban J connectivity index is 2.22. The van der Waals surface area contributed by atoms with Gasteiger partial charge in [-0.3, -0.25) is 4.57 Å². The van der Waals surface area contributed by atoms with Gasteiger partial charge >= 0.3 is 5.69 Å². The molecule has 0 aliphatic heterocycles. The Hall–Kier alpha value is -1.06. The molecule has 0 spiro atoms. The van der Waals surface area contributed by atoms with Crippen LogP contribution in [0, 0.1) is 5.92 Å². The van der Waals surface area contributed by atoms with E-state index in [2.05, 4.69) is 5.10 Å². The smallest absolute Gasteiger partial charge is 0.285 e. The van der Waals surface area contributed by atoms with E-state index in [4.69, 9.17) is 0 Å². The van der Waals surface area contributed by atoms with Crippen molar-refractivity contribution < 1.29 is 0 Å². The zero-order valence-electron chi connectivity index (χ0n) is 6.53. The van der Waals surface area contributed by atoms with Crippen molar-refractivity contribution in [1.82, 2.24) is 14.3 Å². The van der Waals surface area contributed by atoms with Crippen molar-refractivity contribution in [3.05, 3.63) is 16.8 Å². The van der Waals surface area contributed by atoms with Crippen LogP contribution in [0.5, 0.6) is 0 Å². The molecule has 1 aromatic rings. The predicted molar refractivity (Wildman–Crippen MR) is 40.2 cm³/mol. The lowest BCUT2D eigenvalue weighted by atomic mass is 10.4. The largest absolute Gasteiger partial charge is 0.345 e. The lowest BCUT2D eigenvalue weighted by molar-refractivity contribution is 0.539. The zero-order chi connectivity index (χ0) is 7.84. The molecule has 1 saturated carbocycles. The Morgan fingerprint density at radius 2 is 2.45 bits per heavy atom. The first kappa shape index (κ1) is 6.64. The van der Waals surface area contributed by atoms with Crippen molar-refractivity contribution in [3.8, 4) is 0 Å². The van der Waals surface area contributed by atoms with Gasteiger partial charge in [-0.05, 0) is 18.8 Å². The molecule has 4 heteroatoms. The molecule has 4 nitrogen and oxygen atoms in total. The van der Waals surface area contributed by atoms with Crippen LogP contribution in [0.25, 0.3) is 0 Å². The van der Waals surface area contributed by atoms with E-state index in [1.165, 1.54) is 22.1 Å². The van der Waals surface area contributed by atoms with Gasteiger partial charge in [-0.25, -0.2) is 9.48 Å². The van der Waals surface area contributed by atoms with E-state index in [0.717, 1.165) is 6.54 Å². The standard InChI is InChI=1S/C7H11N3O/c1-9-5-8-10(7(9)11)4-6-2-3-6/h5-6H,2-4H2,1H3. The monoisotopic (exact) mass is 153 g/mol. The first-order valence-electron chi connectivity index (χ1n) is 3.86. The summed E-state index contributed by atoms with van der Waals surface area (Å²) < 4.78 is 3.04. The van der Waals surface area contributed by atoms with Crippen molar-refractivity contribution in [1.29, 1.82) is 0 Å². The summed E-state index contributed by atoms with van der Waals surface area (Å²) in [6.45, 7) is 0.805. The number of aryl methyl sites for hydroxylation is 1. The van der Waals surface area contributed by atoms with Crippen molar-refractivity contribution in [2.24, 2.45) is 13.0 Å². The predicted octanol–water partition coefficient (Wildman–Crippen LogP) is -0.00820. The summed E-state index contributed by atoms with van der Waals surface area (Å²) in [5.41, 5.74) is -0.00287. The Labute approximate surface area is 64.4 Å². The molecule has 1 fully saturated rings. The maximum Gasteiger partial charge on any atom is 0.345 e. The third kappa shape index (κ3) is 1.20. The summed E-state index contributed by atoms with van der Waals surface area (Å²) in [6, 6.07) is 0. The third-order valence-electron chi connectivity index (χ3n) is 2.01. The van der Waals surface area contributed by atoms with E-state index < -0.39 is 0 Å². The lowest BCUT2D eigenvalue weighted by Crippen LogP contribution is -2.23. The summed E-state index contributed by atoms with van der Waals surface area (Å²) in [4.78, 5) is 11.2. The maximum atomic E-state index is 11.2. The Morgan fingerprint density at radius 3 is 2.91 bits per heavy atom. The van der Waals surface area contributed by atoms with Crippen LogP contribution in [0.2, 0.25) is 0 Å². The summed E-state index contributed by atoms with van der Waals surface area (Å²) in [6.07, 6.45) is 4.07. The second kappa shape index (κ2) is 2.22. The third-order valence-corrected chi connectivity index (χ3v) is 2.01. The number of aromatic nitrogens is 3. The van der Waals surface area contributed by atoms with E-state index in [-0.39, 0.29) is 5.69 Å². The van der Waals surface area contributed by atoms with Crippen LogP contribution >= 0.6 is 0 Å². The lowest BCUT2D eigenvalue weighted by Gasteiger charge is -1.93. The maximum absolute atomic E-state index is 11.2. The minimum absolute atomic E-state index is 0.00287. The number of hydrogen-bond acceptors (Lipinski definition) is 2. The van der Waals surface area contributed by atoms with Crippen molar-refractivity contribution >= 4 is 0 Å². The van der Waals surface area contributed by atoms with Gasteiger partial charge in [0.1, 0.15) is 6.33 Å². The molecule has 1 aliphatic rings. The normalized spacial score (nSPS) is 17.2. The van der Waals surface area contributed by atoms with Crippen LogP contribution in [-0.2, 0) is 13.6 Å². The number of hydrogen-bond donors (Lipinski definition) is 0. The molecule has 0 aromatic carbocycles. The molecular formula is C7H11N3O. The van der Waals surface area contributed by atoms with Crippen molar-refractivity contribution in [3.63, 3.8) is 0 Å². The second-order valence-corrected chi connectivity index (χ2v) is 3.15. The van der Waals surface area contributed by atoms with E-state index in [1.807, 2.05) is 0 Å². The van der Waals surface area contributed by atoms with Gasteiger partial charge in [0.25, 0.3) is 0 Å². The molecular weight excluding hydrogens is 142 g/mol. The fourth-order valence-corrected chi connectivity index (χ4v) is 1.09. The summed E-state index contributed by atoms with van der Waals surface area (Å²) in [7, 11) is 1.72. The fraction of sp³-hybridized carbons (Fsp3) is 0.714. The molecule has 1 heterocycles. The second-order valence-electron chi connectivity index (χ2n) is 3.15. The molecule has 0 N–H and O–H groups in total. The molecule has 0 radical (unpaired) electrons. The first-order valence-corrected chi connectivity index (χ1v) is 3.86. The van der Waals surface area contributed by atoms with Crippen molar-refractivity contribution in [2.75, 3.05) is 0 Å². The molecule has 0 saturated heterocycles. The molecule has 1 aromatic heterocycles. The average molecular weight is 153 g/mol. The van der Waals surface area contributed by atoms with Gasteiger partial charge in [0.2, 0.25) is 0 Å². The highest BCUT2D eigenvalue weighted by molar-refractivity contribution is 4.75. The topological polar surface area (TPSA) is 39.8 Å². The van der Waals surface area contributed by atoms with E-state index in [1.54, 1.807) is 13.4 Å². The molecule has 11 heavy (non-hydrogen) atoms. The molecule has 0 atom stereocenters. The van der Waals surface area contributed by atoms with E-state index in [9.17, 15) is 4.79 Å². The number of rotatable bonds is 2. The highest BCUT2D eigenvalue weighted by atomic mass is 16.2. The quantitative estimate of drug-likeness (QED) is 0.599. The molecule has 1 aliphatic carbocycles. The van der Waals surface area contributed by atoms with Crippen LogP contribution in [-0.4, -0.2) is 14.3 Å². The van der Waals surface area contributed by atoms with Gasteiger partial charge in [0, 0.05) is 13.6 Å². The minimum Gasteiger partial charge on any atom is -0.285 e. The SMILES string of the molecule is Cn1cnn(CC2CC2)c1=O. The molecule has 0 unspecified atom stereocenters. The Kier molecular flexibility index (Phi) is 1.34. The van der Waals surface area contributed by atoms with E-state index >= 15 is 0 Å². The summed E-state index contributed by atoms with van der Waals surface area (Å²) in [5.74, 6) is 0.711. The van der Waals surface area contributed by atoms with Gasteiger partial charge in [0.15, 0.2) is 0 Å².